The number of aliphatic hydroxyl groups is 8. The number of hydrogen-bond donors (Lipinski definition) is 15. The van der Waals surface area contributed by atoms with Gasteiger partial charge in [-0.2, -0.15) is 4.31 Å². The standard InChI is InChI=1S/C13H23BN4O14P2.C8H12BN2O6P.C8H15N4O8P.CH3I.2CH4/c1-4(19)17-7-10(22)8(20)5(2-16-18-15)30-13(7)31-34(26,27)32-33(24,25)28-3-6-9(21)11(23)12(14)29-6;9-8-7(13)6(12)5(17-8)3-16-18(14,15)11-2-1-10-4-11;1-3(13)11-5-7(15)6(14)4(2-10-12-9)19-8(5)20-21(16,17)18;1-2;;/h5-13,20-23H,2-3H2,1H3,(H,17,19)(H,24,25)(H,26,27);1-2,4-8,12-13H,3H2,(H,14,15);4-8,14-15H,2H2,1H3,(H,11,13)(H2,16,17,18);1H3;2*1H4/t5?,6-,7?,8?,9?,10?,11+,12-,13?;5-,6?,7+,8-;;;;/m11..../s1. The van der Waals surface area contributed by atoms with Crippen LogP contribution in [0.15, 0.2) is 28.9 Å². The van der Waals surface area contributed by atoms with E-state index in [0.717, 1.165) is 24.5 Å². The van der Waals surface area contributed by atoms with Crippen LogP contribution >= 0.6 is 53.8 Å². The maximum Gasteiger partial charge on any atom is 0.483 e. The molecule has 0 saturated carbocycles. The van der Waals surface area contributed by atoms with E-state index in [0.29, 0.717) is 0 Å². The smallest absolute Gasteiger partial charge is 0.388 e. The Hall–Kier alpha value is -2.33. The minimum Gasteiger partial charge on any atom is -0.388 e. The van der Waals surface area contributed by atoms with Gasteiger partial charge in [-0.1, -0.05) is 47.7 Å². The minimum atomic E-state index is -5.55. The fourth-order valence-corrected chi connectivity index (χ4v) is 9.94. The predicted octanol–water partition coefficient (Wildman–Crippen LogP) is -3.74. The van der Waals surface area contributed by atoms with Crippen molar-refractivity contribution in [2.24, 2.45) is 10.2 Å². The van der Waals surface area contributed by atoms with Gasteiger partial charge in [-0.15, -0.1) is 0 Å². The van der Waals surface area contributed by atoms with Gasteiger partial charge in [-0.3, -0.25) is 27.7 Å². The summed E-state index contributed by atoms with van der Waals surface area (Å²) in [4.78, 5) is 79.8. The maximum atomic E-state index is 12.3. The van der Waals surface area contributed by atoms with Gasteiger partial charge in [-0.05, 0) is 16.0 Å². The summed E-state index contributed by atoms with van der Waals surface area (Å²) in [5.41, 5.74) is 16.6. The zero-order chi connectivity index (χ0) is 57.4. The van der Waals surface area contributed by atoms with E-state index in [1.807, 2.05) is 4.93 Å². The Balaban J connectivity index is 0.00000116. The Bertz CT molecular complexity index is 2280. The number of ether oxygens (including phenoxy) is 4. The first-order valence-electron chi connectivity index (χ1n) is 20.7. The van der Waals surface area contributed by atoms with Crippen molar-refractivity contribution in [3.8, 4) is 0 Å². The average molecular weight is 1310 g/mol. The van der Waals surface area contributed by atoms with E-state index in [9.17, 15) is 83.4 Å². The molecule has 77 heavy (non-hydrogen) atoms. The normalized spacial score (nSPS) is 34.8. The van der Waals surface area contributed by atoms with Crippen molar-refractivity contribution in [1.82, 2.24) is 20.0 Å². The van der Waals surface area contributed by atoms with Gasteiger partial charge < -0.3 is 94.9 Å². The van der Waals surface area contributed by atoms with E-state index in [2.05, 4.69) is 76.1 Å². The number of nitrogens with one attached hydrogen (secondary N) is 2. The number of carbonyl (C=O) groups excluding carboxylic acids is 2. The number of nitrogens with zero attached hydrogens (tertiary/aromatic N) is 8. The quantitative estimate of drug-likeness (QED) is 0.0120. The third-order valence-electron chi connectivity index (χ3n) is 9.87. The number of phosphoric ester groups is 3. The molecule has 0 spiro atoms. The van der Waals surface area contributed by atoms with Crippen molar-refractivity contribution in [1.29, 1.82) is 0 Å². The lowest BCUT2D eigenvalue weighted by atomic mass is 9.93. The molecule has 5 heterocycles. The van der Waals surface area contributed by atoms with Gasteiger partial charge in [-0.25, -0.2) is 27.6 Å². The van der Waals surface area contributed by atoms with Crippen molar-refractivity contribution in [3.05, 3.63) is 39.6 Å². The molecule has 4 fully saturated rings. The number of azide groups is 2. The Morgan fingerprint density at radius 2 is 1.04 bits per heavy atom. The van der Waals surface area contributed by atoms with Crippen LogP contribution in [0.5, 0.6) is 0 Å². The highest BCUT2D eigenvalue weighted by molar-refractivity contribution is 14.1. The fraction of sp³-hybridized carbons (Fsp3) is 0.844. The number of rotatable bonds is 19. The molecule has 21 atom stereocenters. The summed E-state index contributed by atoms with van der Waals surface area (Å²) in [6.45, 7) is -0.125. The highest BCUT2D eigenvalue weighted by Gasteiger charge is 2.51. The first-order valence-corrected chi connectivity index (χ1v) is 28.9. The molecule has 38 nitrogen and oxygen atoms in total. The molecule has 440 valence electrons. The Morgan fingerprint density at radius 1 is 0.649 bits per heavy atom. The van der Waals surface area contributed by atoms with Crippen LogP contribution < -0.4 is 10.6 Å². The van der Waals surface area contributed by atoms with E-state index in [4.69, 9.17) is 60.0 Å². The molecule has 0 bridgehead atoms. The predicted molar refractivity (Wildman–Crippen MR) is 265 cm³/mol. The summed E-state index contributed by atoms with van der Waals surface area (Å²) in [5, 5.41) is 88.7. The van der Waals surface area contributed by atoms with Crippen molar-refractivity contribution in [2.45, 2.75) is 139 Å². The molecule has 4 saturated heterocycles. The number of alkyl halides is 1. The molecular weight excluding hydrogens is 1240 g/mol. The highest BCUT2D eigenvalue weighted by Crippen LogP contribution is 2.61. The second-order valence-electron chi connectivity index (χ2n) is 15.3. The number of carbonyl (C=O) groups is 2. The summed E-state index contributed by atoms with van der Waals surface area (Å²) < 4.78 is 90.5. The molecule has 1 aromatic heterocycles. The summed E-state index contributed by atoms with van der Waals surface area (Å²) >= 11 is 2.15. The SMILES string of the molecule is C.C.CC(=O)NC1C(OP(=O)(O)O)OC(CN=[N+]=[N-])C(O)C1O.CI.[B][C@@H]1O[C@H](COP(=O)(O)OP(=O)(O)OC2OC(CN=[N+]=[N-])C(O)C(O)C2NC(C)=O)C(O)[C@@H]1O.[B][C@@H]1O[C@H](COP(=O)(O)n2ccnc2)C(O)[C@@H]1O. The summed E-state index contributed by atoms with van der Waals surface area (Å²) in [6, 6.07) is -5.43. The monoisotopic (exact) mass is 1310 g/mol. The van der Waals surface area contributed by atoms with Crippen LogP contribution in [0.3, 0.4) is 0 Å². The zero-order valence-corrected chi connectivity index (χ0v) is 44.5. The largest absolute Gasteiger partial charge is 0.483 e. The Morgan fingerprint density at radius 3 is 1.38 bits per heavy atom. The van der Waals surface area contributed by atoms with Crippen LogP contribution in [0, 0.1) is 0 Å². The van der Waals surface area contributed by atoms with Crippen LogP contribution in [0.25, 0.3) is 20.9 Å². The Kier molecular flexibility index (Phi) is 32.5. The van der Waals surface area contributed by atoms with Crippen LogP contribution in [0.4, 0.5) is 0 Å². The van der Waals surface area contributed by atoms with E-state index < -0.39 is 173 Å². The van der Waals surface area contributed by atoms with Crippen molar-refractivity contribution in [3.63, 3.8) is 0 Å². The first kappa shape index (κ1) is 74.7. The number of phosphoric acid groups is 3. The number of aliphatic hydroxyl groups excluding tert-OH is 8. The van der Waals surface area contributed by atoms with Gasteiger partial charge in [0.15, 0.2) is 12.6 Å². The van der Waals surface area contributed by atoms with Crippen LogP contribution in [0.1, 0.15) is 28.7 Å². The van der Waals surface area contributed by atoms with Crippen molar-refractivity contribution >= 4 is 81.3 Å². The molecule has 2 amide bonds. The number of aromatic nitrogens is 2. The maximum absolute atomic E-state index is 12.3. The second kappa shape index (κ2) is 33.6. The van der Waals surface area contributed by atoms with Gasteiger partial charge in [0.25, 0.3) is 0 Å². The van der Waals surface area contributed by atoms with Crippen molar-refractivity contribution in [2.75, 3.05) is 31.2 Å². The van der Waals surface area contributed by atoms with Crippen LogP contribution in [-0.2, 0) is 69.2 Å². The van der Waals surface area contributed by atoms with Gasteiger partial charge in [0.1, 0.15) is 82.9 Å². The van der Waals surface area contributed by atoms with Crippen LogP contribution in [-0.4, -0.2) is 243 Å². The van der Waals surface area contributed by atoms with Gasteiger partial charge in [0.05, 0.1) is 50.7 Å². The molecule has 0 aliphatic carbocycles. The van der Waals surface area contributed by atoms with Gasteiger partial charge >= 0.3 is 31.2 Å². The molecule has 4 aliphatic heterocycles. The van der Waals surface area contributed by atoms with Crippen LogP contribution in [0.2, 0.25) is 0 Å². The van der Waals surface area contributed by atoms with Gasteiger partial charge in [0.2, 0.25) is 11.8 Å². The van der Waals surface area contributed by atoms with Crippen molar-refractivity contribution < 1.29 is 135 Å². The first-order chi connectivity index (χ1) is 34.7. The third kappa shape index (κ3) is 23.6. The molecule has 4 aliphatic rings. The number of hydrogen-bond acceptors (Lipinski definition) is 26. The topological polar surface area (TPSA) is 588 Å². The Labute approximate surface area is 453 Å². The average Bonchev–Trinajstić information content (AvgIpc) is 4.02. The molecule has 4 radical (unpaired) electrons. The number of amides is 2. The van der Waals surface area contributed by atoms with E-state index >= 15 is 0 Å². The van der Waals surface area contributed by atoms with E-state index in [1.54, 1.807) is 0 Å². The molecule has 0 aromatic carbocycles. The summed E-state index contributed by atoms with van der Waals surface area (Å²) in [6.07, 6.45) is -17.5. The number of halogens is 1. The van der Waals surface area contributed by atoms with E-state index in [1.165, 1.54) is 12.4 Å². The molecule has 15 unspecified atom stereocenters. The highest BCUT2D eigenvalue weighted by atomic mass is 127. The molecule has 45 heteroatoms. The summed E-state index contributed by atoms with van der Waals surface area (Å²) in [5.74, 6) is -1.41. The third-order valence-corrected chi connectivity index (χ3v) is 14.3. The second-order valence-corrected chi connectivity index (χ2v) is 21.2. The molecule has 1 aromatic rings. The lowest BCUT2D eigenvalue weighted by Crippen LogP contribution is -2.64. The lowest BCUT2D eigenvalue weighted by Gasteiger charge is -2.42. The summed E-state index contributed by atoms with van der Waals surface area (Å²) in [7, 11) is -9.28. The zero-order valence-electron chi connectivity index (χ0n) is 38.8. The van der Waals surface area contributed by atoms with Gasteiger partial charge in [0, 0.05) is 48.1 Å². The molecule has 5 rings (SSSR count). The lowest BCUT2D eigenvalue weighted by molar-refractivity contribution is -0.238. The molecular formula is C32H61B2IN10O28P4. The fourth-order valence-electron chi connectivity index (χ4n) is 6.43. The molecule has 15 N–H and O–H groups in total. The van der Waals surface area contributed by atoms with E-state index in [-0.39, 0.29) is 21.5 Å². The minimum absolute atomic E-state index is 0. The number of imidazole rings is 1.